The minimum absolute atomic E-state index is 0.0466. The molecule has 6 nitrogen and oxygen atoms in total. The van der Waals surface area contributed by atoms with Crippen LogP contribution in [0.5, 0.6) is 11.5 Å². The predicted molar refractivity (Wildman–Crippen MR) is 136 cm³/mol. The molecule has 1 N–H and O–H groups in total. The van der Waals surface area contributed by atoms with Crippen molar-refractivity contribution in [2.45, 2.75) is 32.7 Å². The van der Waals surface area contributed by atoms with Gasteiger partial charge in [-0.2, -0.15) is 0 Å². The molecular weight excluding hydrogens is 442 g/mol. The first-order valence-corrected chi connectivity index (χ1v) is 11.6. The Labute approximate surface area is 205 Å². The number of benzene rings is 3. The monoisotopic (exact) mass is 471 g/mol. The lowest BCUT2D eigenvalue weighted by Gasteiger charge is -2.26. The smallest absolute Gasteiger partial charge is 0.300 e. The molecule has 1 heterocycles. The average molecular weight is 472 g/mol. The van der Waals surface area contributed by atoms with E-state index in [0.29, 0.717) is 22.7 Å². The second-order valence-electron chi connectivity index (χ2n) is 8.39. The van der Waals surface area contributed by atoms with Crippen LogP contribution in [-0.4, -0.2) is 31.0 Å². The van der Waals surface area contributed by atoms with Gasteiger partial charge in [0.15, 0.2) is 0 Å². The van der Waals surface area contributed by atoms with Gasteiger partial charge in [-0.05, 0) is 29.5 Å². The van der Waals surface area contributed by atoms with E-state index < -0.39 is 17.7 Å². The summed E-state index contributed by atoms with van der Waals surface area (Å²) in [5, 5.41) is 11.3. The van der Waals surface area contributed by atoms with E-state index in [-0.39, 0.29) is 11.3 Å². The fraction of sp³-hybridized carbons (Fsp3) is 0.241. The molecule has 1 aliphatic heterocycles. The Morgan fingerprint density at radius 2 is 1.34 bits per heavy atom. The number of amides is 1. The summed E-state index contributed by atoms with van der Waals surface area (Å²) >= 11 is 0. The van der Waals surface area contributed by atoms with Crippen molar-refractivity contribution < 1.29 is 24.2 Å². The molecule has 0 radical (unpaired) electrons. The minimum atomic E-state index is -0.816. The number of ketones is 1. The van der Waals surface area contributed by atoms with Crippen LogP contribution in [0.25, 0.3) is 5.76 Å². The lowest BCUT2D eigenvalue weighted by molar-refractivity contribution is -0.132. The number of aliphatic hydroxyl groups excluding tert-OH is 1. The van der Waals surface area contributed by atoms with Gasteiger partial charge in [0.2, 0.25) is 0 Å². The van der Waals surface area contributed by atoms with E-state index in [4.69, 9.17) is 9.47 Å². The van der Waals surface area contributed by atoms with Crippen LogP contribution < -0.4 is 14.4 Å². The summed E-state index contributed by atoms with van der Waals surface area (Å²) in [5.41, 5.74) is 3.92. The number of hydrogen-bond acceptors (Lipinski definition) is 5. The third kappa shape index (κ3) is 4.52. The van der Waals surface area contributed by atoms with Gasteiger partial charge in [0.25, 0.3) is 11.7 Å². The van der Waals surface area contributed by atoms with Gasteiger partial charge >= 0.3 is 0 Å². The fourth-order valence-electron chi connectivity index (χ4n) is 4.34. The molecule has 1 fully saturated rings. The van der Waals surface area contributed by atoms with Gasteiger partial charge in [0, 0.05) is 23.8 Å². The van der Waals surface area contributed by atoms with Crippen LogP contribution in [0, 0.1) is 0 Å². The number of rotatable bonds is 7. The van der Waals surface area contributed by atoms with Crippen LogP contribution in [0.2, 0.25) is 0 Å². The van der Waals surface area contributed by atoms with Crippen LogP contribution in [0.1, 0.15) is 42.1 Å². The van der Waals surface area contributed by atoms with Crippen LogP contribution in [-0.2, 0) is 22.4 Å². The molecule has 1 saturated heterocycles. The summed E-state index contributed by atoms with van der Waals surface area (Å²) in [6.45, 7) is 4.10. The molecule has 0 aromatic heterocycles. The molecule has 0 spiro atoms. The van der Waals surface area contributed by atoms with Crippen molar-refractivity contribution in [3.63, 3.8) is 0 Å². The van der Waals surface area contributed by atoms with E-state index in [9.17, 15) is 14.7 Å². The van der Waals surface area contributed by atoms with Gasteiger partial charge in [-0.1, -0.05) is 62.4 Å². The minimum Gasteiger partial charge on any atom is -0.507 e. The van der Waals surface area contributed by atoms with Crippen LogP contribution in [0.15, 0.2) is 72.3 Å². The number of ether oxygens (including phenoxy) is 2. The van der Waals surface area contributed by atoms with Crippen molar-refractivity contribution in [3.8, 4) is 11.5 Å². The SMILES string of the molecule is CCc1ccc(/C(O)=C2\C(=O)C(=O)N(c3cc(OC)cc(OC)c3)C2c2ccc(CC)cc2)cc1. The Morgan fingerprint density at radius 1 is 0.829 bits per heavy atom. The molecule has 180 valence electrons. The highest BCUT2D eigenvalue weighted by Gasteiger charge is 2.47. The topological polar surface area (TPSA) is 76.1 Å². The highest BCUT2D eigenvalue weighted by Crippen LogP contribution is 2.44. The molecule has 1 unspecified atom stereocenters. The van der Waals surface area contributed by atoms with Crippen molar-refractivity contribution in [2.75, 3.05) is 19.1 Å². The number of methoxy groups -OCH3 is 2. The van der Waals surface area contributed by atoms with E-state index in [1.807, 2.05) is 43.3 Å². The summed E-state index contributed by atoms with van der Waals surface area (Å²) in [5.74, 6) is -0.703. The molecular formula is C29H29NO5. The lowest BCUT2D eigenvalue weighted by Crippen LogP contribution is -2.29. The summed E-state index contributed by atoms with van der Waals surface area (Å²) in [4.78, 5) is 28.2. The summed E-state index contributed by atoms with van der Waals surface area (Å²) < 4.78 is 10.8. The molecule has 3 aromatic carbocycles. The molecule has 1 amide bonds. The van der Waals surface area contributed by atoms with E-state index in [1.165, 1.54) is 19.1 Å². The largest absolute Gasteiger partial charge is 0.507 e. The maximum atomic E-state index is 13.4. The zero-order chi connectivity index (χ0) is 25.1. The second kappa shape index (κ2) is 10.1. The maximum absolute atomic E-state index is 13.4. The Bertz CT molecular complexity index is 1250. The van der Waals surface area contributed by atoms with Crippen molar-refractivity contribution in [3.05, 3.63) is 94.6 Å². The number of carbonyl (C=O) groups excluding carboxylic acids is 2. The summed E-state index contributed by atoms with van der Waals surface area (Å²) in [6.07, 6.45) is 1.71. The number of anilines is 1. The van der Waals surface area contributed by atoms with Crippen LogP contribution in [0.3, 0.4) is 0 Å². The number of Topliss-reactive ketones (excluding diaryl/α,β-unsaturated/α-hetero) is 1. The molecule has 0 bridgehead atoms. The van der Waals surface area contributed by atoms with Crippen LogP contribution in [0.4, 0.5) is 5.69 Å². The number of hydrogen-bond donors (Lipinski definition) is 1. The number of carbonyl (C=O) groups is 2. The van der Waals surface area contributed by atoms with Crippen molar-refractivity contribution in [2.24, 2.45) is 0 Å². The quantitative estimate of drug-likeness (QED) is 0.282. The second-order valence-corrected chi connectivity index (χ2v) is 8.39. The normalized spacial score (nSPS) is 17.0. The third-order valence-corrected chi connectivity index (χ3v) is 6.40. The van der Waals surface area contributed by atoms with Crippen molar-refractivity contribution in [1.29, 1.82) is 0 Å². The van der Waals surface area contributed by atoms with Gasteiger partial charge in [-0.3, -0.25) is 14.5 Å². The Kier molecular flexibility index (Phi) is 6.92. The van der Waals surface area contributed by atoms with Gasteiger partial charge in [-0.15, -0.1) is 0 Å². The molecule has 0 aliphatic carbocycles. The Balaban J connectivity index is 1.93. The molecule has 1 aliphatic rings. The molecule has 0 saturated carbocycles. The van der Waals surface area contributed by atoms with E-state index >= 15 is 0 Å². The summed E-state index contributed by atoms with van der Waals surface area (Å²) in [7, 11) is 3.04. The molecule has 35 heavy (non-hydrogen) atoms. The zero-order valence-electron chi connectivity index (χ0n) is 20.4. The lowest BCUT2D eigenvalue weighted by atomic mass is 9.94. The van der Waals surface area contributed by atoms with E-state index in [0.717, 1.165) is 29.5 Å². The number of aliphatic hydroxyl groups is 1. The average Bonchev–Trinajstić information content (AvgIpc) is 3.18. The van der Waals surface area contributed by atoms with Gasteiger partial charge < -0.3 is 14.6 Å². The first-order chi connectivity index (χ1) is 16.9. The number of aryl methyl sites for hydroxylation is 2. The van der Waals surface area contributed by atoms with Gasteiger partial charge in [0.1, 0.15) is 17.3 Å². The zero-order valence-corrected chi connectivity index (χ0v) is 20.4. The first kappa shape index (κ1) is 24.1. The molecule has 1 atom stereocenters. The summed E-state index contributed by atoms with van der Waals surface area (Å²) in [6, 6.07) is 19.3. The Morgan fingerprint density at radius 3 is 1.83 bits per heavy atom. The molecule has 4 rings (SSSR count). The van der Waals surface area contributed by atoms with E-state index in [1.54, 1.807) is 30.3 Å². The predicted octanol–water partition coefficient (Wildman–Crippen LogP) is 5.45. The highest BCUT2D eigenvalue weighted by atomic mass is 16.5. The van der Waals surface area contributed by atoms with Crippen LogP contribution >= 0.6 is 0 Å². The van der Waals surface area contributed by atoms with Crippen molar-refractivity contribution in [1.82, 2.24) is 0 Å². The van der Waals surface area contributed by atoms with Crippen molar-refractivity contribution >= 4 is 23.1 Å². The van der Waals surface area contributed by atoms with Gasteiger partial charge in [-0.25, -0.2) is 0 Å². The fourth-order valence-corrected chi connectivity index (χ4v) is 4.34. The molecule has 6 heteroatoms. The first-order valence-electron chi connectivity index (χ1n) is 11.6. The van der Waals surface area contributed by atoms with E-state index in [2.05, 4.69) is 6.92 Å². The highest BCUT2D eigenvalue weighted by molar-refractivity contribution is 6.51. The standard InChI is InChI=1S/C29H29NO5/c1-5-18-7-11-20(12-8-18)26-25(27(31)21-13-9-19(6-2)10-14-21)28(32)29(33)30(26)22-15-23(34-3)17-24(16-22)35-4/h7-17,26,31H,5-6H2,1-4H3/b27-25+. The number of nitrogens with zero attached hydrogens (tertiary/aromatic N) is 1. The van der Waals surface area contributed by atoms with Gasteiger partial charge in [0.05, 0.1) is 31.5 Å². The Hall–Kier alpha value is -4.06. The molecule has 3 aromatic rings. The third-order valence-electron chi connectivity index (χ3n) is 6.40. The maximum Gasteiger partial charge on any atom is 0.300 e.